The van der Waals surface area contributed by atoms with Gasteiger partial charge >= 0.3 is 0 Å². The highest BCUT2D eigenvalue weighted by molar-refractivity contribution is 6.28. The minimum atomic E-state index is -0.801. The van der Waals surface area contributed by atoms with Crippen molar-refractivity contribution in [3.8, 4) is 23.1 Å². The molecule has 0 aliphatic rings. The van der Waals surface area contributed by atoms with E-state index in [2.05, 4.69) is 4.98 Å². The zero-order valence-corrected chi connectivity index (χ0v) is 19.6. The number of carbonyl (C=O) groups excluding carboxylic acids is 1. The number of ether oxygens (including phenoxy) is 3. The molecule has 1 aromatic heterocycles. The maximum Gasteiger partial charge on any atom is 0.266 e. The van der Waals surface area contributed by atoms with Gasteiger partial charge in [0.1, 0.15) is 11.3 Å². The monoisotopic (exact) mass is 471 g/mol. The first kappa shape index (κ1) is 24.9. The van der Waals surface area contributed by atoms with E-state index >= 15 is 0 Å². The summed E-state index contributed by atoms with van der Waals surface area (Å²) in [7, 11) is 2.60. The third-order valence-corrected chi connectivity index (χ3v) is 5.83. The molecular weight excluding hydrogens is 445 g/mol. The normalized spacial score (nSPS) is 13.0. The van der Waals surface area contributed by atoms with Gasteiger partial charge in [-0.15, -0.1) is 23.2 Å². The summed E-state index contributed by atoms with van der Waals surface area (Å²) in [5, 5.41) is 10.3. The van der Waals surface area contributed by atoms with Gasteiger partial charge in [-0.05, 0) is 43.9 Å². The Hall–Kier alpha value is -2.38. The summed E-state index contributed by atoms with van der Waals surface area (Å²) in [4.78, 5) is 28.5. The molecule has 0 saturated heterocycles. The van der Waals surface area contributed by atoms with Gasteiger partial charge in [0.25, 0.3) is 5.56 Å². The van der Waals surface area contributed by atoms with E-state index in [9.17, 15) is 14.7 Å². The second-order valence-electron chi connectivity index (χ2n) is 7.41. The van der Waals surface area contributed by atoms with Gasteiger partial charge in [0, 0.05) is 16.8 Å². The van der Waals surface area contributed by atoms with E-state index in [1.165, 1.54) is 14.2 Å². The third-order valence-electron chi connectivity index (χ3n) is 4.75. The average Bonchev–Trinajstić information content (AvgIpc) is 2.73. The Bertz CT molecular complexity index is 989. The quantitative estimate of drug-likeness (QED) is 0.399. The van der Waals surface area contributed by atoms with Crippen molar-refractivity contribution in [3.05, 3.63) is 45.2 Å². The number of carbonyl (C=O) groups is 1. The fourth-order valence-electron chi connectivity index (χ4n) is 3.15. The van der Waals surface area contributed by atoms with Crippen LogP contribution in [0, 0.1) is 5.92 Å². The van der Waals surface area contributed by atoms with Crippen molar-refractivity contribution < 1.29 is 24.1 Å². The summed E-state index contributed by atoms with van der Waals surface area (Å²) in [5.41, 5.74) is -0.382. The Morgan fingerprint density at radius 2 is 1.87 bits per heavy atom. The number of aromatic hydroxyl groups is 1. The van der Waals surface area contributed by atoms with E-state index in [4.69, 9.17) is 37.4 Å². The van der Waals surface area contributed by atoms with Gasteiger partial charge in [0.2, 0.25) is 17.4 Å². The number of benzene rings is 1. The molecule has 7 nitrogen and oxygen atoms in total. The van der Waals surface area contributed by atoms with Gasteiger partial charge in [-0.1, -0.05) is 13.0 Å². The molecule has 0 aliphatic carbocycles. The predicted molar refractivity (Wildman–Crippen MR) is 121 cm³/mol. The average molecular weight is 472 g/mol. The van der Waals surface area contributed by atoms with Gasteiger partial charge in [-0.2, -0.15) is 0 Å². The smallest absolute Gasteiger partial charge is 0.266 e. The summed E-state index contributed by atoms with van der Waals surface area (Å²) in [6.45, 7) is 5.65. The van der Waals surface area contributed by atoms with Gasteiger partial charge in [-0.25, -0.2) is 0 Å². The van der Waals surface area contributed by atoms with Crippen LogP contribution in [0.2, 0.25) is 0 Å². The highest BCUT2D eigenvalue weighted by Crippen LogP contribution is 2.36. The Kier molecular flexibility index (Phi) is 8.65. The van der Waals surface area contributed by atoms with Gasteiger partial charge in [0.05, 0.1) is 20.3 Å². The molecule has 9 heteroatoms. The number of aromatic nitrogens is 1. The van der Waals surface area contributed by atoms with Gasteiger partial charge < -0.3 is 19.3 Å². The second kappa shape index (κ2) is 10.8. The summed E-state index contributed by atoms with van der Waals surface area (Å²) >= 11 is 12.1. The van der Waals surface area contributed by atoms with E-state index in [1.54, 1.807) is 18.2 Å². The minimum absolute atomic E-state index is 0.0418. The molecule has 0 amide bonds. The lowest BCUT2D eigenvalue weighted by Gasteiger charge is -2.19. The number of rotatable bonds is 10. The largest absolute Gasteiger partial charge is 0.503 e. The summed E-state index contributed by atoms with van der Waals surface area (Å²) in [6.07, 6.45) is 0.324. The van der Waals surface area contributed by atoms with Crippen LogP contribution in [0.4, 0.5) is 0 Å². The van der Waals surface area contributed by atoms with Crippen LogP contribution in [-0.4, -0.2) is 47.5 Å². The fraction of sp³-hybridized carbons (Fsp3) is 0.455. The molecular formula is C22H27Cl2NO6. The lowest BCUT2D eigenvalue weighted by molar-refractivity contribution is 0.103. The van der Waals surface area contributed by atoms with Crippen molar-refractivity contribution in [2.24, 2.45) is 5.92 Å². The van der Waals surface area contributed by atoms with Crippen LogP contribution in [0.3, 0.4) is 0 Å². The van der Waals surface area contributed by atoms with Crippen molar-refractivity contribution in [3.63, 3.8) is 0 Å². The van der Waals surface area contributed by atoms with E-state index in [-0.39, 0.29) is 40.5 Å². The first-order valence-electron chi connectivity index (χ1n) is 9.76. The Balaban J connectivity index is 2.64. The van der Waals surface area contributed by atoms with Crippen LogP contribution in [0.1, 0.15) is 42.3 Å². The van der Waals surface area contributed by atoms with Crippen molar-refractivity contribution in [2.45, 2.75) is 38.7 Å². The van der Waals surface area contributed by atoms with Gasteiger partial charge in [0.15, 0.2) is 5.75 Å². The maximum atomic E-state index is 13.4. The number of ketones is 1. The fourth-order valence-corrected chi connectivity index (χ4v) is 3.54. The van der Waals surface area contributed by atoms with Crippen LogP contribution >= 0.6 is 23.2 Å². The second-order valence-corrected chi connectivity index (χ2v) is 8.28. The van der Waals surface area contributed by atoms with Crippen LogP contribution in [0.25, 0.3) is 0 Å². The molecule has 31 heavy (non-hydrogen) atoms. The number of halogens is 2. The van der Waals surface area contributed by atoms with Gasteiger partial charge in [-0.3, -0.25) is 14.6 Å². The molecule has 0 unspecified atom stereocenters. The molecule has 1 aromatic carbocycles. The topological polar surface area (TPSA) is 97.9 Å². The van der Waals surface area contributed by atoms with Crippen LogP contribution in [0.5, 0.6) is 23.1 Å². The van der Waals surface area contributed by atoms with Crippen molar-refractivity contribution in [2.75, 3.05) is 20.1 Å². The van der Waals surface area contributed by atoms with Crippen molar-refractivity contribution in [1.29, 1.82) is 0 Å². The zero-order chi connectivity index (χ0) is 23.3. The lowest BCUT2D eigenvalue weighted by Crippen LogP contribution is -2.22. The summed E-state index contributed by atoms with van der Waals surface area (Å²) in [6, 6.07) is 5.07. The van der Waals surface area contributed by atoms with E-state index in [0.29, 0.717) is 17.7 Å². The SMILES string of the molecule is COc1[nH]c(=O)c(C(=O)c2cc(OC(C)C)ccc2C[C@H](C)[C@@H](Cl)CCl)c(O)c1OC. The number of aromatic amines is 1. The molecule has 0 bridgehead atoms. The molecule has 2 rings (SSSR count). The number of pyridine rings is 1. The highest BCUT2D eigenvalue weighted by atomic mass is 35.5. The molecule has 2 aromatic rings. The molecule has 0 spiro atoms. The standard InChI is InChI=1S/C22H27Cl2NO6/c1-11(2)31-14-7-6-13(8-12(3)16(24)10-23)15(9-14)18(26)17-19(27)20(29-4)22(30-5)25-21(17)28/h6-7,9,11-12,16H,8,10H2,1-5H3,(H2,25,27,28)/t12-,16-/m0/s1. The molecule has 2 N–H and O–H groups in total. The van der Waals surface area contributed by atoms with Crippen LogP contribution in [-0.2, 0) is 6.42 Å². The number of hydrogen-bond acceptors (Lipinski definition) is 6. The number of H-pyrrole nitrogens is 1. The highest BCUT2D eigenvalue weighted by Gasteiger charge is 2.27. The number of hydrogen-bond donors (Lipinski definition) is 2. The molecule has 1 heterocycles. The Morgan fingerprint density at radius 1 is 1.19 bits per heavy atom. The first-order valence-corrected chi connectivity index (χ1v) is 10.7. The Labute approximate surface area is 191 Å². The summed E-state index contributed by atoms with van der Waals surface area (Å²) < 4.78 is 15.8. The molecule has 0 fully saturated rings. The maximum absolute atomic E-state index is 13.4. The minimum Gasteiger partial charge on any atom is -0.503 e. The van der Waals surface area contributed by atoms with Crippen LogP contribution < -0.4 is 19.8 Å². The van der Waals surface area contributed by atoms with E-state index in [0.717, 1.165) is 0 Å². The van der Waals surface area contributed by atoms with Crippen LogP contribution in [0.15, 0.2) is 23.0 Å². The van der Waals surface area contributed by atoms with E-state index < -0.39 is 22.7 Å². The first-order chi connectivity index (χ1) is 14.6. The number of methoxy groups -OCH3 is 2. The summed E-state index contributed by atoms with van der Waals surface area (Å²) in [5.74, 6) is -0.814. The zero-order valence-electron chi connectivity index (χ0n) is 18.1. The van der Waals surface area contributed by atoms with Crippen molar-refractivity contribution in [1.82, 2.24) is 4.98 Å². The molecule has 0 radical (unpaired) electrons. The molecule has 170 valence electrons. The van der Waals surface area contributed by atoms with E-state index in [1.807, 2.05) is 20.8 Å². The molecule has 2 atom stereocenters. The number of nitrogens with one attached hydrogen (secondary N) is 1. The molecule has 0 saturated carbocycles. The van der Waals surface area contributed by atoms with Crippen molar-refractivity contribution >= 4 is 29.0 Å². The third kappa shape index (κ3) is 5.66. The lowest BCUT2D eigenvalue weighted by atomic mass is 9.91. The number of alkyl halides is 2. The molecule has 0 aliphatic heterocycles. The Morgan fingerprint density at radius 3 is 2.42 bits per heavy atom. The predicted octanol–water partition coefficient (Wildman–Crippen LogP) is 4.14.